The van der Waals surface area contributed by atoms with Gasteiger partial charge in [-0.1, -0.05) is 23.7 Å². The van der Waals surface area contributed by atoms with Crippen molar-refractivity contribution in [3.63, 3.8) is 0 Å². The molecular formula is C22H19ClF2N4. The Morgan fingerprint density at radius 1 is 1.03 bits per heavy atom. The van der Waals surface area contributed by atoms with Crippen LogP contribution in [-0.2, 0) is 13.1 Å². The Morgan fingerprint density at radius 2 is 1.79 bits per heavy atom. The molecule has 0 aliphatic heterocycles. The molecule has 0 saturated heterocycles. The molecule has 0 amide bonds. The van der Waals surface area contributed by atoms with Crippen molar-refractivity contribution in [3.8, 4) is 11.3 Å². The summed E-state index contributed by atoms with van der Waals surface area (Å²) < 4.78 is 28.4. The first-order valence-electron chi connectivity index (χ1n) is 9.20. The summed E-state index contributed by atoms with van der Waals surface area (Å²) in [5, 5.41) is 5.68. The van der Waals surface area contributed by atoms with Crippen molar-refractivity contribution in [3.05, 3.63) is 83.1 Å². The van der Waals surface area contributed by atoms with Crippen LogP contribution >= 0.6 is 11.6 Å². The minimum absolute atomic E-state index is 0.231. The van der Waals surface area contributed by atoms with Gasteiger partial charge in [0, 0.05) is 30.2 Å². The Morgan fingerprint density at radius 3 is 2.55 bits per heavy atom. The second kappa shape index (κ2) is 8.27. The van der Waals surface area contributed by atoms with Gasteiger partial charge in [0.2, 0.25) is 0 Å². The topological polar surface area (TPSA) is 34.0 Å². The first kappa shape index (κ1) is 19.5. The normalized spacial score (nSPS) is 11.5. The number of nitrogens with zero attached hydrogens (tertiary/aromatic N) is 4. The number of aromatic nitrogens is 3. The zero-order chi connectivity index (χ0) is 20.4. The van der Waals surface area contributed by atoms with Crippen molar-refractivity contribution in [1.82, 2.24) is 19.7 Å². The number of fused-ring (bicyclic) bond motifs is 1. The van der Waals surface area contributed by atoms with E-state index in [1.54, 1.807) is 30.6 Å². The van der Waals surface area contributed by atoms with E-state index in [1.165, 1.54) is 24.3 Å². The van der Waals surface area contributed by atoms with Crippen LogP contribution in [-0.4, -0.2) is 33.3 Å². The first-order chi connectivity index (χ1) is 14.0. The van der Waals surface area contributed by atoms with E-state index in [2.05, 4.69) is 15.0 Å². The third kappa shape index (κ3) is 4.28. The molecule has 4 aromatic rings. The number of halogens is 3. The lowest BCUT2D eigenvalue weighted by molar-refractivity contribution is 0.307. The van der Waals surface area contributed by atoms with Gasteiger partial charge in [0.15, 0.2) is 0 Å². The van der Waals surface area contributed by atoms with Gasteiger partial charge < -0.3 is 4.90 Å². The second-order valence-corrected chi connectivity index (χ2v) is 7.36. The summed E-state index contributed by atoms with van der Waals surface area (Å²) in [6, 6.07) is 12.7. The third-order valence-electron chi connectivity index (χ3n) is 4.82. The van der Waals surface area contributed by atoms with E-state index < -0.39 is 0 Å². The average molecular weight is 413 g/mol. The van der Waals surface area contributed by atoms with Crippen molar-refractivity contribution in [2.24, 2.45) is 0 Å². The van der Waals surface area contributed by atoms with Gasteiger partial charge in [-0.25, -0.2) is 8.78 Å². The van der Waals surface area contributed by atoms with Gasteiger partial charge in [-0.2, -0.15) is 5.10 Å². The second-order valence-electron chi connectivity index (χ2n) is 6.95. The number of rotatable bonds is 6. The van der Waals surface area contributed by atoms with E-state index >= 15 is 0 Å². The monoisotopic (exact) mass is 412 g/mol. The van der Waals surface area contributed by atoms with Gasteiger partial charge in [-0.3, -0.25) is 9.67 Å². The fourth-order valence-electron chi connectivity index (χ4n) is 3.33. The Hall–Kier alpha value is -2.83. The van der Waals surface area contributed by atoms with Crippen molar-refractivity contribution in [1.29, 1.82) is 0 Å². The van der Waals surface area contributed by atoms with Crippen LogP contribution in [0.4, 0.5) is 8.78 Å². The highest BCUT2D eigenvalue weighted by molar-refractivity contribution is 6.33. The molecule has 0 saturated carbocycles. The summed E-state index contributed by atoms with van der Waals surface area (Å²) in [6.45, 7) is 2.17. The Labute approximate surface area is 172 Å². The fraction of sp³-hybridized carbons (Fsp3) is 0.182. The number of hydrogen-bond donors (Lipinski definition) is 0. The molecule has 0 radical (unpaired) electrons. The summed E-state index contributed by atoms with van der Waals surface area (Å²) >= 11 is 6.22. The number of pyridine rings is 1. The maximum absolute atomic E-state index is 13.4. The molecule has 29 heavy (non-hydrogen) atoms. The highest BCUT2D eigenvalue weighted by atomic mass is 35.5. The number of benzene rings is 2. The van der Waals surface area contributed by atoms with E-state index in [1.807, 2.05) is 17.8 Å². The van der Waals surface area contributed by atoms with Gasteiger partial charge in [-0.15, -0.1) is 0 Å². The van der Waals surface area contributed by atoms with Crippen LogP contribution in [0.25, 0.3) is 22.2 Å². The van der Waals surface area contributed by atoms with Gasteiger partial charge in [0.1, 0.15) is 11.6 Å². The average Bonchev–Trinajstić information content (AvgIpc) is 3.12. The molecule has 148 valence electrons. The molecule has 2 heterocycles. The molecule has 0 aliphatic rings. The largest absolute Gasteiger partial charge is 0.300 e. The summed E-state index contributed by atoms with van der Waals surface area (Å²) in [4.78, 5) is 6.59. The number of hydrogen-bond acceptors (Lipinski definition) is 3. The Kier molecular flexibility index (Phi) is 5.56. The number of likely N-dealkylation sites (N-methyl/N-ethyl adjacent to an activating group) is 1. The van der Waals surface area contributed by atoms with Crippen molar-refractivity contribution in [2.75, 3.05) is 13.6 Å². The van der Waals surface area contributed by atoms with Gasteiger partial charge in [0.05, 0.1) is 29.0 Å². The Balaban J connectivity index is 1.52. The van der Waals surface area contributed by atoms with E-state index in [4.69, 9.17) is 11.6 Å². The van der Waals surface area contributed by atoms with Crippen LogP contribution in [0.3, 0.4) is 0 Å². The fourth-order valence-corrected chi connectivity index (χ4v) is 3.58. The molecule has 0 bridgehead atoms. The smallest absolute Gasteiger partial charge is 0.124 e. The molecule has 0 atom stereocenters. The minimum atomic E-state index is -0.384. The lowest BCUT2D eigenvalue weighted by atomic mass is 10.1. The minimum Gasteiger partial charge on any atom is -0.300 e. The van der Waals surface area contributed by atoms with E-state index in [-0.39, 0.29) is 11.6 Å². The zero-order valence-corrected chi connectivity index (χ0v) is 16.6. The molecule has 0 spiro atoms. The van der Waals surface area contributed by atoms with Crippen LogP contribution in [0.2, 0.25) is 5.02 Å². The molecule has 4 rings (SSSR count). The molecule has 7 heteroatoms. The molecule has 2 aromatic carbocycles. The van der Waals surface area contributed by atoms with Gasteiger partial charge >= 0.3 is 0 Å². The SMILES string of the molecule is CN(CCn1ncc2c(-c3ccc(F)cc3Cl)nccc21)Cc1ccc(F)cc1. The molecular weight excluding hydrogens is 394 g/mol. The summed E-state index contributed by atoms with van der Waals surface area (Å²) in [6.07, 6.45) is 3.47. The molecule has 2 aromatic heterocycles. The van der Waals surface area contributed by atoms with Crippen molar-refractivity contribution < 1.29 is 8.78 Å². The molecule has 0 N–H and O–H groups in total. The van der Waals surface area contributed by atoms with Crippen LogP contribution in [0.1, 0.15) is 5.56 Å². The van der Waals surface area contributed by atoms with Crippen LogP contribution in [0, 0.1) is 11.6 Å². The van der Waals surface area contributed by atoms with E-state index in [0.29, 0.717) is 22.8 Å². The highest BCUT2D eigenvalue weighted by Crippen LogP contribution is 2.32. The van der Waals surface area contributed by atoms with Crippen LogP contribution < -0.4 is 0 Å². The maximum atomic E-state index is 13.4. The first-order valence-corrected chi connectivity index (χ1v) is 9.58. The van der Waals surface area contributed by atoms with E-state index in [0.717, 1.165) is 29.6 Å². The van der Waals surface area contributed by atoms with E-state index in [9.17, 15) is 8.78 Å². The van der Waals surface area contributed by atoms with Gasteiger partial charge in [-0.05, 0) is 49.0 Å². The summed E-state index contributed by atoms with van der Waals surface area (Å²) in [5.74, 6) is -0.615. The molecule has 0 fully saturated rings. The summed E-state index contributed by atoms with van der Waals surface area (Å²) in [5.41, 5.74) is 3.34. The summed E-state index contributed by atoms with van der Waals surface area (Å²) in [7, 11) is 2.01. The third-order valence-corrected chi connectivity index (χ3v) is 5.13. The predicted molar refractivity (Wildman–Crippen MR) is 111 cm³/mol. The van der Waals surface area contributed by atoms with Crippen LogP contribution in [0.5, 0.6) is 0 Å². The van der Waals surface area contributed by atoms with Gasteiger partial charge in [0.25, 0.3) is 0 Å². The van der Waals surface area contributed by atoms with Crippen LogP contribution in [0.15, 0.2) is 60.9 Å². The maximum Gasteiger partial charge on any atom is 0.124 e. The molecule has 0 unspecified atom stereocenters. The highest BCUT2D eigenvalue weighted by Gasteiger charge is 2.13. The predicted octanol–water partition coefficient (Wildman–Crippen LogP) is 5.16. The molecule has 0 aliphatic carbocycles. The molecule has 4 nitrogen and oxygen atoms in total. The van der Waals surface area contributed by atoms with Crippen molar-refractivity contribution in [2.45, 2.75) is 13.1 Å². The standard InChI is InChI=1S/C22H19ClF2N4/c1-28(14-15-2-4-16(24)5-3-15)10-11-29-21-8-9-26-22(19(21)13-27-29)18-7-6-17(25)12-20(18)23/h2-9,12-13H,10-11,14H2,1H3. The lowest BCUT2D eigenvalue weighted by Gasteiger charge is -2.17. The zero-order valence-electron chi connectivity index (χ0n) is 15.8. The lowest BCUT2D eigenvalue weighted by Crippen LogP contribution is -2.23. The Bertz CT molecular complexity index is 1140. The van der Waals surface area contributed by atoms with Crippen molar-refractivity contribution >= 4 is 22.5 Å². The quantitative estimate of drug-likeness (QED) is 0.438.